The summed E-state index contributed by atoms with van der Waals surface area (Å²) < 4.78 is 33.4. The molecule has 0 heterocycles. The van der Waals surface area contributed by atoms with Crippen molar-refractivity contribution in [2.45, 2.75) is 18.7 Å². The van der Waals surface area contributed by atoms with E-state index in [9.17, 15) is 13.2 Å². The number of nitrogens with one attached hydrogen (secondary N) is 1. The summed E-state index contributed by atoms with van der Waals surface area (Å²) in [7, 11) is -3.51. The molecule has 0 atom stereocenters. The molecule has 0 aromatic heterocycles. The number of amides is 1. The number of sulfonamides is 1. The minimum atomic E-state index is -3.51. The van der Waals surface area contributed by atoms with Gasteiger partial charge in [-0.15, -0.1) is 0 Å². The van der Waals surface area contributed by atoms with Crippen molar-refractivity contribution in [1.82, 2.24) is 4.31 Å². The Balaban J connectivity index is 1.98. The smallest absolute Gasteiger partial charge is 0.262 e. The Labute approximate surface area is 176 Å². The SMILES string of the molecule is CCN(CC)S(=O)(=O)c1ccc(NC(=O)COc2ccc(Br)cc2Br)cc1. The maximum absolute atomic E-state index is 12.5. The van der Waals surface area contributed by atoms with E-state index in [4.69, 9.17) is 4.74 Å². The fourth-order valence-corrected chi connectivity index (χ4v) is 4.97. The second-order valence-electron chi connectivity index (χ2n) is 5.53. The predicted molar refractivity (Wildman–Crippen MR) is 113 cm³/mol. The summed E-state index contributed by atoms with van der Waals surface area (Å²) >= 11 is 6.71. The maximum Gasteiger partial charge on any atom is 0.262 e. The topological polar surface area (TPSA) is 75.7 Å². The van der Waals surface area contributed by atoms with E-state index in [1.165, 1.54) is 16.4 Å². The van der Waals surface area contributed by atoms with Gasteiger partial charge < -0.3 is 10.1 Å². The molecule has 0 spiro atoms. The van der Waals surface area contributed by atoms with Crippen LogP contribution in [-0.4, -0.2) is 38.3 Å². The van der Waals surface area contributed by atoms with Gasteiger partial charge in [-0.1, -0.05) is 29.8 Å². The van der Waals surface area contributed by atoms with Crippen LogP contribution in [0.15, 0.2) is 56.3 Å². The quantitative estimate of drug-likeness (QED) is 0.565. The average molecular weight is 520 g/mol. The molecule has 0 aliphatic rings. The van der Waals surface area contributed by atoms with Gasteiger partial charge in [-0.3, -0.25) is 4.79 Å². The fraction of sp³-hybridized carbons (Fsp3) is 0.278. The van der Waals surface area contributed by atoms with Gasteiger partial charge in [0.1, 0.15) is 5.75 Å². The zero-order chi connectivity index (χ0) is 20.0. The lowest BCUT2D eigenvalue weighted by Crippen LogP contribution is -2.30. The van der Waals surface area contributed by atoms with Crippen LogP contribution in [0.5, 0.6) is 5.75 Å². The van der Waals surface area contributed by atoms with Gasteiger partial charge in [-0.2, -0.15) is 4.31 Å². The Morgan fingerprint density at radius 1 is 1.07 bits per heavy atom. The zero-order valence-corrected chi connectivity index (χ0v) is 18.9. The third-order valence-electron chi connectivity index (χ3n) is 3.73. The van der Waals surface area contributed by atoms with E-state index in [0.717, 1.165) is 8.95 Å². The number of anilines is 1. The molecule has 2 aromatic rings. The van der Waals surface area contributed by atoms with Gasteiger partial charge in [0.05, 0.1) is 9.37 Å². The predicted octanol–water partition coefficient (Wildman–Crippen LogP) is 4.26. The van der Waals surface area contributed by atoms with E-state index in [-0.39, 0.29) is 17.4 Å². The van der Waals surface area contributed by atoms with E-state index in [0.29, 0.717) is 24.5 Å². The third kappa shape index (κ3) is 5.78. The van der Waals surface area contributed by atoms with E-state index >= 15 is 0 Å². The molecule has 0 fully saturated rings. The molecule has 0 aliphatic carbocycles. The second kappa shape index (κ2) is 9.68. The molecular formula is C18H20Br2N2O4S. The van der Waals surface area contributed by atoms with Gasteiger partial charge >= 0.3 is 0 Å². The number of ether oxygens (including phenoxy) is 1. The van der Waals surface area contributed by atoms with E-state index in [2.05, 4.69) is 37.2 Å². The number of hydrogen-bond donors (Lipinski definition) is 1. The van der Waals surface area contributed by atoms with Crippen LogP contribution in [0.3, 0.4) is 0 Å². The minimum Gasteiger partial charge on any atom is -0.483 e. The van der Waals surface area contributed by atoms with Crippen molar-refractivity contribution in [2.24, 2.45) is 0 Å². The number of benzene rings is 2. The van der Waals surface area contributed by atoms with Gasteiger partial charge in [0.2, 0.25) is 10.0 Å². The van der Waals surface area contributed by atoms with Crippen molar-refractivity contribution in [2.75, 3.05) is 25.0 Å². The fourth-order valence-electron chi connectivity index (χ4n) is 2.36. The highest BCUT2D eigenvalue weighted by Gasteiger charge is 2.21. The zero-order valence-electron chi connectivity index (χ0n) is 14.9. The van der Waals surface area contributed by atoms with Crippen molar-refractivity contribution < 1.29 is 17.9 Å². The number of halogens is 2. The number of hydrogen-bond acceptors (Lipinski definition) is 4. The van der Waals surface area contributed by atoms with Crippen LogP contribution in [0.25, 0.3) is 0 Å². The highest BCUT2D eigenvalue weighted by molar-refractivity contribution is 9.11. The van der Waals surface area contributed by atoms with Crippen molar-refractivity contribution >= 4 is 53.5 Å². The van der Waals surface area contributed by atoms with Crippen molar-refractivity contribution in [3.8, 4) is 5.75 Å². The molecule has 6 nitrogen and oxygen atoms in total. The van der Waals surface area contributed by atoms with Gasteiger partial charge in [0.25, 0.3) is 5.91 Å². The van der Waals surface area contributed by atoms with E-state index in [1.54, 1.807) is 32.0 Å². The molecule has 0 aliphatic heterocycles. The molecule has 0 unspecified atom stereocenters. The van der Waals surface area contributed by atoms with Crippen LogP contribution in [0, 0.1) is 0 Å². The lowest BCUT2D eigenvalue weighted by Gasteiger charge is -2.18. The molecule has 0 radical (unpaired) electrons. The van der Waals surface area contributed by atoms with Crippen LogP contribution >= 0.6 is 31.9 Å². The van der Waals surface area contributed by atoms with Crippen LogP contribution in [-0.2, 0) is 14.8 Å². The molecule has 2 aromatic carbocycles. The average Bonchev–Trinajstić information content (AvgIpc) is 2.62. The molecule has 2 rings (SSSR count). The Morgan fingerprint density at radius 2 is 1.70 bits per heavy atom. The summed E-state index contributed by atoms with van der Waals surface area (Å²) in [6.45, 7) is 4.22. The van der Waals surface area contributed by atoms with E-state index < -0.39 is 10.0 Å². The normalized spacial score (nSPS) is 11.4. The van der Waals surface area contributed by atoms with Gasteiger partial charge in [0.15, 0.2) is 6.61 Å². The monoisotopic (exact) mass is 518 g/mol. The molecule has 0 saturated heterocycles. The minimum absolute atomic E-state index is 0.167. The van der Waals surface area contributed by atoms with Gasteiger partial charge in [0, 0.05) is 23.2 Å². The number of nitrogens with zero attached hydrogens (tertiary/aromatic N) is 1. The lowest BCUT2D eigenvalue weighted by molar-refractivity contribution is -0.118. The molecule has 146 valence electrons. The molecule has 1 N–H and O–H groups in total. The van der Waals surface area contributed by atoms with E-state index in [1.807, 2.05) is 12.1 Å². The van der Waals surface area contributed by atoms with Crippen molar-refractivity contribution in [3.63, 3.8) is 0 Å². The Hall–Kier alpha value is -1.42. The Kier molecular flexibility index (Phi) is 7.84. The summed E-state index contributed by atoms with van der Waals surface area (Å²) in [5.74, 6) is 0.207. The first-order chi connectivity index (χ1) is 12.8. The maximum atomic E-state index is 12.5. The summed E-state index contributed by atoms with van der Waals surface area (Å²) in [4.78, 5) is 12.3. The third-order valence-corrected chi connectivity index (χ3v) is 6.91. The first-order valence-corrected chi connectivity index (χ1v) is 11.3. The standard InChI is InChI=1S/C18H20Br2N2O4S/c1-3-22(4-2)27(24,25)15-8-6-14(7-9-15)21-18(23)12-26-17-10-5-13(19)11-16(17)20/h5-11H,3-4,12H2,1-2H3,(H,21,23). The molecule has 0 bridgehead atoms. The lowest BCUT2D eigenvalue weighted by atomic mass is 10.3. The van der Waals surface area contributed by atoms with Crippen LogP contribution in [0.2, 0.25) is 0 Å². The Morgan fingerprint density at radius 3 is 2.26 bits per heavy atom. The van der Waals surface area contributed by atoms with Crippen molar-refractivity contribution in [3.05, 3.63) is 51.4 Å². The highest BCUT2D eigenvalue weighted by Crippen LogP contribution is 2.28. The van der Waals surface area contributed by atoms with Gasteiger partial charge in [-0.25, -0.2) is 8.42 Å². The second-order valence-corrected chi connectivity index (χ2v) is 9.23. The van der Waals surface area contributed by atoms with Crippen LogP contribution in [0.1, 0.15) is 13.8 Å². The number of rotatable bonds is 8. The van der Waals surface area contributed by atoms with Crippen LogP contribution < -0.4 is 10.1 Å². The Bertz CT molecular complexity index is 898. The summed E-state index contributed by atoms with van der Waals surface area (Å²) in [6.07, 6.45) is 0. The number of carbonyl (C=O) groups excluding carboxylic acids is 1. The van der Waals surface area contributed by atoms with Crippen molar-refractivity contribution in [1.29, 1.82) is 0 Å². The molecule has 0 saturated carbocycles. The largest absolute Gasteiger partial charge is 0.483 e. The first-order valence-electron chi connectivity index (χ1n) is 8.25. The summed E-state index contributed by atoms with van der Waals surface area (Å²) in [6, 6.07) is 11.5. The van der Waals surface area contributed by atoms with Gasteiger partial charge in [-0.05, 0) is 58.4 Å². The molecular weight excluding hydrogens is 500 g/mol. The first kappa shape index (κ1) is 21.9. The molecule has 1 amide bonds. The highest BCUT2D eigenvalue weighted by atomic mass is 79.9. The summed E-state index contributed by atoms with van der Waals surface area (Å²) in [5, 5.41) is 2.68. The molecule has 9 heteroatoms. The number of carbonyl (C=O) groups is 1. The summed E-state index contributed by atoms with van der Waals surface area (Å²) in [5.41, 5.74) is 0.497. The molecule has 27 heavy (non-hydrogen) atoms. The van der Waals surface area contributed by atoms with Crippen LogP contribution in [0.4, 0.5) is 5.69 Å².